The van der Waals surface area contributed by atoms with Gasteiger partial charge in [0.2, 0.25) is 10.0 Å². The van der Waals surface area contributed by atoms with Crippen molar-refractivity contribution in [2.24, 2.45) is 5.92 Å². The highest BCUT2D eigenvalue weighted by atomic mass is 79.9. The van der Waals surface area contributed by atoms with E-state index in [2.05, 4.69) is 20.7 Å². The van der Waals surface area contributed by atoms with Gasteiger partial charge in [-0.2, -0.15) is 0 Å². The van der Waals surface area contributed by atoms with E-state index in [1.54, 1.807) is 6.07 Å². The van der Waals surface area contributed by atoms with Crippen molar-refractivity contribution >= 4 is 37.6 Å². The minimum atomic E-state index is -3.68. The molecule has 0 bridgehead atoms. The smallest absolute Gasteiger partial charge is 0.244 e. The van der Waals surface area contributed by atoms with Gasteiger partial charge in [0.15, 0.2) is 5.75 Å². The molecule has 0 heterocycles. The predicted octanol–water partition coefficient (Wildman–Crippen LogP) is 3.21. The van der Waals surface area contributed by atoms with Crippen molar-refractivity contribution in [2.45, 2.75) is 24.2 Å². The fraction of sp³-hybridized carbons (Fsp3) is 0.571. The van der Waals surface area contributed by atoms with Crippen molar-refractivity contribution in [3.63, 3.8) is 0 Å². The van der Waals surface area contributed by atoms with Crippen LogP contribution >= 0.6 is 27.5 Å². The number of ether oxygens (including phenoxy) is 2. The summed E-state index contributed by atoms with van der Waals surface area (Å²) in [6, 6.07) is 2.96. The maximum atomic E-state index is 12.4. The Balaban J connectivity index is 1.91. The Kier molecular flexibility index (Phi) is 6.52. The first-order valence-electron chi connectivity index (χ1n) is 7.04. The quantitative estimate of drug-likeness (QED) is 0.633. The Labute approximate surface area is 144 Å². The van der Waals surface area contributed by atoms with Crippen molar-refractivity contribution in [3.05, 3.63) is 21.6 Å². The molecule has 1 saturated carbocycles. The van der Waals surface area contributed by atoms with E-state index in [0.717, 1.165) is 6.61 Å². The average Bonchev–Trinajstić information content (AvgIpc) is 3.26. The molecular formula is C14H19BrClNO4S. The topological polar surface area (TPSA) is 64.6 Å². The molecule has 1 N–H and O–H groups in total. The molecule has 5 nitrogen and oxygen atoms in total. The molecular weight excluding hydrogens is 394 g/mol. The Bertz CT molecular complexity index is 620. The maximum absolute atomic E-state index is 12.4. The van der Waals surface area contributed by atoms with E-state index in [1.165, 1.54) is 26.0 Å². The lowest BCUT2D eigenvalue weighted by Crippen LogP contribution is -2.26. The van der Waals surface area contributed by atoms with Gasteiger partial charge in [-0.05, 0) is 53.2 Å². The third-order valence-electron chi connectivity index (χ3n) is 3.28. The summed E-state index contributed by atoms with van der Waals surface area (Å²) in [5, 5.41) is 0.320. The van der Waals surface area contributed by atoms with Crippen molar-refractivity contribution in [3.8, 4) is 5.75 Å². The summed E-state index contributed by atoms with van der Waals surface area (Å²) in [4.78, 5) is 0.0215. The lowest BCUT2D eigenvalue weighted by molar-refractivity contribution is 0.123. The normalized spacial score (nSPS) is 15.0. The summed E-state index contributed by atoms with van der Waals surface area (Å²) in [5.41, 5.74) is 0. The summed E-state index contributed by atoms with van der Waals surface area (Å²) >= 11 is 9.18. The highest BCUT2D eigenvalue weighted by molar-refractivity contribution is 9.10. The lowest BCUT2D eigenvalue weighted by Gasteiger charge is -2.12. The van der Waals surface area contributed by atoms with Gasteiger partial charge >= 0.3 is 0 Å². The minimum Gasteiger partial charge on any atom is -0.494 e. The van der Waals surface area contributed by atoms with Crippen LogP contribution in [0.25, 0.3) is 0 Å². The Morgan fingerprint density at radius 1 is 1.41 bits per heavy atom. The van der Waals surface area contributed by atoms with Crippen LogP contribution in [0.5, 0.6) is 5.75 Å². The molecule has 1 aliphatic rings. The molecule has 0 unspecified atom stereocenters. The Morgan fingerprint density at radius 2 is 2.14 bits per heavy atom. The van der Waals surface area contributed by atoms with Crippen molar-refractivity contribution in [1.82, 2.24) is 4.72 Å². The van der Waals surface area contributed by atoms with E-state index >= 15 is 0 Å². The van der Waals surface area contributed by atoms with Gasteiger partial charge < -0.3 is 9.47 Å². The molecule has 22 heavy (non-hydrogen) atoms. The van der Waals surface area contributed by atoms with Crippen LogP contribution in [0, 0.1) is 5.92 Å². The first-order valence-corrected chi connectivity index (χ1v) is 9.70. The number of halogens is 2. The van der Waals surface area contributed by atoms with E-state index in [1.807, 2.05) is 0 Å². The zero-order chi connectivity index (χ0) is 16.2. The highest BCUT2D eigenvalue weighted by Crippen LogP contribution is 2.35. The van der Waals surface area contributed by atoms with Gasteiger partial charge in [0.25, 0.3) is 0 Å². The number of hydrogen-bond acceptors (Lipinski definition) is 4. The summed E-state index contributed by atoms with van der Waals surface area (Å²) in [7, 11) is -2.27. The van der Waals surface area contributed by atoms with Gasteiger partial charge in [-0.3, -0.25) is 0 Å². The van der Waals surface area contributed by atoms with Crippen molar-refractivity contribution in [2.75, 3.05) is 26.9 Å². The van der Waals surface area contributed by atoms with E-state index < -0.39 is 10.0 Å². The Morgan fingerprint density at radius 3 is 2.77 bits per heavy atom. The number of benzene rings is 1. The first-order chi connectivity index (χ1) is 10.4. The summed E-state index contributed by atoms with van der Waals surface area (Å²) in [5.74, 6) is 0.951. The molecule has 1 aliphatic carbocycles. The third kappa shape index (κ3) is 5.09. The minimum absolute atomic E-state index is 0.0215. The van der Waals surface area contributed by atoms with Crippen molar-refractivity contribution in [1.29, 1.82) is 0 Å². The molecule has 0 aliphatic heterocycles. The second-order valence-corrected chi connectivity index (χ2v) is 8.21. The van der Waals surface area contributed by atoms with Crippen LogP contribution in [0.2, 0.25) is 5.02 Å². The van der Waals surface area contributed by atoms with Crippen LogP contribution in [0.3, 0.4) is 0 Å². The number of rotatable bonds is 9. The zero-order valence-corrected chi connectivity index (χ0v) is 15.4. The molecule has 0 spiro atoms. The monoisotopic (exact) mass is 411 g/mol. The van der Waals surface area contributed by atoms with Crippen molar-refractivity contribution < 1.29 is 17.9 Å². The zero-order valence-electron chi connectivity index (χ0n) is 12.3. The first kappa shape index (κ1) is 18.0. The molecule has 0 radical (unpaired) electrons. The Hall–Kier alpha value is -0.340. The number of nitrogens with one attached hydrogen (secondary N) is 1. The molecule has 2 rings (SSSR count). The van der Waals surface area contributed by atoms with E-state index in [4.69, 9.17) is 21.1 Å². The molecule has 0 atom stereocenters. The van der Waals surface area contributed by atoms with Crippen LogP contribution in [-0.2, 0) is 14.8 Å². The summed E-state index contributed by atoms with van der Waals surface area (Å²) in [6.45, 7) is 1.64. The fourth-order valence-corrected chi connectivity index (χ4v) is 4.38. The molecule has 8 heteroatoms. The second-order valence-electron chi connectivity index (χ2n) is 5.19. The van der Waals surface area contributed by atoms with E-state index in [0.29, 0.717) is 35.0 Å². The SMILES string of the molecule is COc1c(Br)cc(Cl)cc1S(=O)(=O)NCCCOCC1CC1. The molecule has 1 fully saturated rings. The molecule has 1 aromatic carbocycles. The molecule has 1 aromatic rings. The van der Waals surface area contributed by atoms with Gasteiger partial charge in [-0.15, -0.1) is 0 Å². The summed E-state index contributed by atoms with van der Waals surface area (Å²) in [6.07, 6.45) is 3.11. The third-order valence-corrected chi connectivity index (χ3v) is 5.55. The standard InChI is InChI=1S/C14H19BrClNO4S/c1-20-14-12(15)7-11(16)8-13(14)22(18,19)17-5-2-6-21-9-10-3-4-10/h7-8,10,17H,2-6,9H2,1H3. The van der Waals surface area contributed by atoms with E-state index in [9.17, 15) is 8.42 Å². The largest absolute Gasteiger partial charge is 0.494 e. The van der Waals surface area contributed by atoms with Gasteiger partial charge in [0, 0.05) is 24.8 Å². The van der Waals surface area contributed by atoms with Crippen LogP contribution < -0.4 is 9.46 Å². The van der Waals surface area contributed by atoms with Gasteiger partial charge in [-0.25, -0.2) is 13.1 Å². The molecule has 0 saturated heterocycles. The van der Waals surface area contributed by atoms with Gasteiger partial charge in [0.05, 0.1) is 11.6 Å². The van der Waals surface area contributed by atoms with E-state index in [-0.39, 0.29) is 10.6 Å². The molecule has 0 aromatic heterocycles. The molecule has 0 amide bonds. The van der Waals surface area contributed by atoms with Gasteiger partial charge in [-0.1, -0.05) is 11.6 Å². The van der Waals surface area contributed by atoms with Crippen LogP contribution in [0.15, 0.2) is 21.5 Å². The highest BCUT2D eigenvalue weighted by Gasteiger charge is 2.23. The fourth-order valence-electron chi connectivity index (χ4n) is 1.93. The lowest BCUT2D eigenvalue weighted by atomic mass is 10.3. The summed E-state index contributed by atoms with van der Waals surface area (Å²) < 4.78 is 38.4. The number of methoxy groups -OCH3 is 1. The second kappa shape index (κ2) is 7.97. The van der Waals surface area contributed by atoms with Gasteiger partial charge in [0.1, 0.15) is 4.90 Å². The number of hydrogen-bond donors (Lipinski definition) is 1. The van der Waals surface area contributed by atoms with Crippen LogP contribution in [0.1, 0.15) is 19.3 Å². The average molecular weight is 413 g/mol. The molecule has 124 valence electrons. The number of sulfonamides is 1. The van der Waals surface area contributed by atoms with Crippen LogP contribution in [0.4, 0.5) is 0 Å². The van der Waals surface area contributed by atoms with Crippen LogP contribution in [-0.4, -0.2) is 35.3 Å². The maximum Gasteiger partial charge on any atom is 0.244 e. The predicted molar refractivity (Wildman–Crippen MR) is 89.1 cm³/mol.